The Hall–Kier alpha value is -1.13. The molecule has 1 saturated heterocycles. The number of likely N-dealkylation sites (tertiary alicyclic amines) is 1. The molecule has 2 saturated carbocycles. The van der Waals surface area contributed by atoms with Gasteiger partial charge in [0.1, 0.15) is 6.10 Å². The fourth-order valence-corrected chi connectivity index (χ4v) is 3.97. The number of hydrogen-bond donors (Lipinski definition) is 1. The maximum atomic E-state index is 10.3. The Bertz CT molecular complexity index is 477. The largest absolute Gasteiger partial charge is 0.473 e. The molecule has 4 nitrogen and oxygen atoms in total. The molecule has 0 aromatic carbocycles. The van der Waals surface area contributed by atoms with E-state index in [4.69, 9.17) is 4.74 Å². The van der Waals surface area contributed by atoms with Crippen LogP contribution in [0, 0.1) is 11.8 Å². The molecule has 2 heterocycles. The van der Waals surface area contributed by atoms with Crippen LogP contribution in [-0.2, 0) is 0 Å². The van der Waals surface area contributed by atoms with Crippen LogP contribution in [0.4, 0.5) is 0 Å². The van der Waals surface area contributed by atoms with Gasteiger partial charge in [0.05, 0.1) is 6.10 Å². The summed E-state index contributed by atoms with van der Waals surface area (Å²) in [7, 11) is 0. The summed E-state index contributed by atoms with van der Waals surface area (Å²) in [6.07, 6.45) is 7.54. The van der Waals surface area contributed by atoms with Gasteiger partial charge in [-0.1, -0.05) is 6.07 Å². The summed E-state index contributed by atoms with van der Waals surface area (Å²) in [5.74, 6) is 1.86. The topological polar surface area (TPSA) is 45.6 Å². The number of aromatic nitrogens is 1. The molecule has 1 aliphatic heterocycles. The van der Waals surface area contributed by atoms with Gasteiger partial charge in [-0.2, -0.15) is 0 Å². The maximum Gasteiger partial charge on any atom is 0.213 e. The van der Waals surface area contributed by atoms with E-state index in [1.54, 1.807) is 6.20 Å². The van der Waals surface area contributed by atoms with Crippen LogP contribution < -0.4 is 4.74 Å². The van der Waals surface area contributed by atoms with Crippen molar-refractivity contribution in [3.05, 3.63) is 24.4 Å². The summed E-state index contributed by atoms with van der Waals surface area (Å²) in [5.41, 5.74) is 0. The minimum atomic E-state index is -0.210. The predicted molar refractivity (Wildman–Crippen MR) is 80.1 cm³/mol. The Balaban J connectivity index is 1.49. The lowest BCUT2D eigenvalue weighted by molar-refractivity contribution is -0.0819. The Labute approximate surface area is 126 Å². The molecule has 3 aliphatic rings. The number of aliphatic hydroxyl groups excluding tert-OH is 1. The van der Waals surface area contributed by atoms with Gasteiger partial charge < -0.3 is 9.84 Å². The summed E-state index contributed by atoms with van der Waals surface area (Å²) in [5, 5.41) is 10.3. The lowest BCUT2D eigenvalue weighted by Crippen LogP contribution is -2.58. The first kappa shape index (κ1) is 13.5. The van der Waals surface area contributed by atoms with E-state index in [9.17, 15) is 5.11 Å². The van der Waals surface area contributed by atoms with Crippen molar-refractivity contribution < 1.29 is 9.84 Å². The molecule has 1 N–H and O–H groups in total. The molecule has 1 aromatic rings. The molecule has 0 spiro atoms. The van der Waals surface area contributed by atoms with E-state index in [0.29, 0.717) is 11.9 Å². The summed E-state index contributed by atoms with van der Waals surface area (Å²) >= 11 is 0. The number of fused-ring (bicyclic) bond motifs is 2. The molecule has 0 unspecified atom stereocenters. The third-order valence-electron chi connectivity index (χ3n) is 5.34. The number of aliphatic hydroxyl groups is 1. The molecule has 4 heteroatoms. The van der Waals surface area contributed by atoms with E-state index >= 15 is 0 Å². The highest BCUT2D eigenvalue weighted by molar-refractivity contribution is 5.11. The third kappa shape index (κ3) is 2.92. The quantitative estimate of drug-likeness (QED) is 0.921. The summed E-state index contributed by atoms with van der Waals surface area (Å²) < 4.78 is 6.13. The molecular weight excluding hydrogens is 264 g/mol. The van der Waals surface area contributed by atoms with Gasteiger partial charge in [0, 0.05) is 37.3 Å². The molecule has 0 radical (unpaired) electrons. The molecular formula is C17H24N2O2. The average molecular weight is 288 g/mol. The van der Waals surface area contributed by atoms with Crippen LogP contribution in [0.5, 0.6) is 5.88 Å². The lowest BCUT2D eigenvalue weighted by atomic mass is 9.76. The van der Waals surface area contributed by atoms with Gasteiger partial charge in [0.25, 0.3) is 0 Å². The highest BCUT2D eigenvalue weighted by Crippen LogP contribution is 2.39. The number of pyridine rings is 1. The van der Waals surface area contributed by atoms with Gasteiger partial charge >= 0.3 is 0 Å². The summed E-state index contributed by atoms with van der Waals surface area (Å²) in [4.78, 5) is 6.90. The first-order chi connectivity index (χ1) is 10.3. The highest BCUT2D eigenvalue weighted by Gasteiger charge is 2.44. The third-order valence-corrected chi connectivity index (χ3v) is 5.34. The lowest BCUT2D eigenvalue weighted by Gasteiger charge is -2.48. The average Bonchev–Trinajstić information content (AvgIpc) is 3.31. The summed E-state index contributed by atoms with van der Waals surface area (Å²) in [6, 6.07) is 6.42. The second-order valence-electron chi connectivity index (χ2n) is 6.92. The van der Waals surface area contributed by atoms with Crippen LogP contribution >= 0.6 is 0 Å². The first-order valence-corrected chi connectivity index (χ1v) is 8.29. The van der Waals surface area contributed by atoms with E-state index in [-0.39, 0.29) is 18.1 Å². The second kappa shape index (κ2) is 5.58. The van der Waals surface area contributed by atoms with Crippen LogP contribution in [0.3, 0.4) is 0 Å². The van der Waals surface area contributed by atoms with E-state index in [1.165, 1.54) is 19.4 Å². The van der Waals surface area contributed by atoms with E-state index in [1.807, 2.05) is 18.2 Å². The van der Waals surface area contributed by atoms with Crippen molar-refractivity contribution >= 4 is 0 Å². The smallest absolute Gasteiger partial charge is 0.213 e. The standard InChI is InChI=1S/C17H24N2O2/c20-15-7-6-13-9-14(15)16(11-19(13)10-12-4-5-12)21-17-3-1-2-8-18-17/h1-3,8,12-16,20H,4-7,9-11H2/t13-,14-,15+,16-/m0/s1. The zero-order valence-electron chi connectivity index (χ0n) is 12.4. The molecule has 2 bridgehead atoms. The Morgan fingerprint density at radius 3 is 2.90 bits per heavy atom. The fraction of sp³-hybridized carbons (Fsp3) is 0.706. The van der Waals surface area contributed by atoms with E-state index in [2.05, 4.69) is 9.88 Å². The molecule has 0 amide bonds. The predicted octanol–water partition coefficient (Wildman–Crippen LogP) is 2.08. The second-order valence-corrected chi connectivity index (χ2v) is 6.92. The van der Waals surface area contributed by atoms with E-state index in [0.717, 1.165) is 31.7 Å². The van der Waals surface area contributed by atoms with Crippen molar-refractivity contribution in [3.63, 3.8) is 0 Å². The van der Waals surface area contributed by atoms with Crippen molar-refractivity contribution in [2.24, 2.45) is 11.8 Å². The van der Waals surface area contributed by atoms with Crippen LogP contribution in [0.2, 0.25) is 0 Å². The molecule has 2 aliphatic carbocycles. The monoisotopic (exact) mass is 288 g/mol. The van der Waals surface area contributed by atoms with Crippen LogP contribution in [-0.4, -0.2) is 46.3 Å². The van der Waals surface area contributed by atoms with Gasteiger partial charge in [-0.15, -0.1) is 0 Å². The molecule has 1 aromatic heterocycles. The molecule has 21 heavy (non-hydrogen) atoms. The van der Waals surface area contributed by atoms with Crippen molar-refractivity contribution in [3.8, 4) is 5.88 Å². The zero-order valence-corrected chi connectivity index (χ0v) is 12.4. The Kier molecular flexibility index (Phi) is 3.59. The summed E-state index contributed by atoms with van der Waals surface area (Å²) in [6.45, 7) is 2.16. The van der Waals surface area contributed by atoms with Gasteiger partial charge in [-0.25, -0.2) is 4.98 Å². The van der Waals surface area contributed by atoms with Crippen molar-refractivity contribution in [2.75, 3.05) is 13.1 Å². The number of ether oxygens (including phenoxy) is 1. The Morgan fingerprint density at radius 1 is 1.24 bits per heavy atom. The number of piperidine rings is 1. The van der Waals surface area contributed by atoms with Gasteiger partial charge in [0.15, 0.2) is 0 Å². The van der Waals surface area contributed by atoms with E-state index < -0.39 is 0 Å². The fourth-order valence-electron chi connectivity index (χ4n) is 3.97. The van der Waals surface area contributed by atoms with Gasteiger partial charge in [-0.3, -0.25) is 4.90 Å². The molecule has 114 valence electrons. The number of nitrogens with zero attached hydrogens (tertiary/aromatic N) is 2. The first-order valence-electron chi connectivity index (χ1n) is 8.29. The van der Waals surface area contributed by atoms with Crippen molar-refractivity contribution in [2.45, 2.75) is 50.4 Å². The van der Waals surface area contributed by atoms with Gasteiger partial charge in [0.2, 0.25) is 5.88 Å². The zero-order chi connectivity index (χ0) is 14.2. The Morgan fingerprint density at radius 2 is 2.14 bits per heavy atom. The minimum Gasteiger partial charge on any atom is -0.473 e. The van der Waals surface area contributed by atoms with Crippen LogP contribution in [0.15, 0.2) is 24.4 Å². The number of rotatable bonds is 4. The minimum absolute atomic E-state index is 0.0743. The van der Waals surface area contributed by atoms with Crippen LogP contribution in [0.25, 0.3) is 0 Å². The van der Waals surface area contributed by atoms with Crippen LogP contribution in [0.1, 0.15) is 32.1 Å². The van der Waals surface area contributed by atoms with Crippen molar-refractivity contribution in [1.82, 2.24) is 9.88 Å². The molecule has 3 fully saturated rings. The number of hydrogen-bond acceptors (Lipinski definition) is 4. The molecule has 4 rings (SSSR count). The normalized spacial score (nSPS) is 36.4. The highest BCUT2D eigenvalue weighted by atomic mass is 16.5. The SMILES string of the molecule is O[C@@H]1CC[C@H]2C[C@@H]1[C@@H](Oc1ccccn1)CN2CC1CC1. The van der Waals surface area contributed by atoms with Crippen molar-refractivity contribution in [1.29, 1.82) is 0 Å². The maximum absolute atomic E-state index is 10.3. The molecule has 4 atom stereocenters. The van der Waals surface area contributed by atoms with Gasteiger partial charge in [-0.05, 0) is 44.1 Å².